The third-order valence-electron chi connectivity index (χ3n) is 3.37. The van der Waals surface area contributed by atoms with Crippen LogP contribution >= 0.6 is 0 Å². The van der Waals surface area contributed by atoms with Crippen LogP contribution in [-0.2, 0) is 4.74 Å². The van der Waals surface area contributed by atoms with Gasteiger partial charge in [0.25, 0.3) is 0 Å². The number of hydrogen-bond acceptors (Lipinski definition) is 3. The van der Waals surface area contributed by atoms with Crippen molar-refractivity contribution >= 4 is 6.09 Å². The first-order chi connectivity index (χ1) is 7.37. The Hall–Kier alpha value is -0.770. The van der Waals surface area contributed by atoms with E-state index < -0.39 is 11.7 Å². The summed E-state index contributed by atoms with van der Waals surface area (Å²) in [5.74, 6) is 0. The molecule has 2 N–H and O–H groups in total. The van der Waals surface area contributed by atoms with Crippen molar-refractivity contribution in [2.75, 3.05) is 13.2 Å². The van der Waals surface area contributed by atoms with Crippen LogP contribution in [-0.4, -0.2) is 30.0 Å². The number of carbonyl (C=O) groups excluding carboxylic acids is 1. The Morgan fingerprint density at radius 3 is 2.38 bits per heavy atom. The standard InChI is InChI=1S/C12H23NO3/c1-4-16-10(14)13-9-12(15)7-5-11(2,3)6-8-12/h15H,4-9H2,1-3H3,(H,13,14). The van der Waals surface area contributed by atoms with Crippen molar-refractivity contribution in [3.05, 3.63) is 0 Å². The summed E-state index contributed by atoms with van der Waals surface area (Å²) in [6.45, 7) is 6.84. The van der Waals surface area contributed by atoms with E-state index in [0.29, 0.717) is 18.6 Å². The minimum Gasteiger partial charge on any atom is -0.450 e. The number of carbonyl (C=O) groups is 1. The summed E-state index contributed by atoms with van der Waals surface area (Å²) in [7, 11) is 0. The number of nitrogens with one attached hydrogen (secondary N) is 1. The highest BCUT2D eigenvalue weighted by Crippen LogP contribution is 2.39. The van der Waals surface area contributed by atoms with Gasteiger partial charge in [0.15, 0.2) is 0 Å². The molecule has 0 radical (unpaired) electrons. The fourth-order valence-corrected chi connectivity index (χ4v) is 1.99. The van der Waals surface area contributed by atoms with Crippen LogP contribution in [0.2, 0.25) is 0 Å². The largest absolute Gasteiger partial charge is 0.450 e. The Labute approximate surface area is 97.4 Å². The highest BCUT2D eigenvalue weighted by molar-refractivity contribution is 5.67. The van der Waals surface area contributed by atoms with Gasteiger partial charge in [0.05, 0.1) is 12.2 Å². The molecule has 4 heteroatoms. The first-order valence-electron chi connectivity index (χ1n) is 6.00. The lowest BCUT2D eigenvalue weighted by Crippen LogP contribution is -2.46. The Morgan fingerprint density at radius 1 is 1.31 bits per heavy atom. The predicted molar refractivity (Wildman–Crippen MR) is 62.2 cm³/mol. The van der Waals surface area contributed by atoms with Gasteiger partial charge in [-0.3, -0.25) is 0 Å². The molecule has 1 aliphatic carbocycles. The molecule has 1 saturated carbocycles. The monoisotopic (exact) mass is 229 g/mol. The molecule has 0 aromatic rings. The first kappa shape index (κ1) is 13.3. The van der Waals surface area contributed by atoms with Gasteiger partial charge in [0, 0.05) is 6.54 Å². The van der Waals surface area contributed by atoms with Gasteiger partial charge in [-0.2, -0.15) is 0 Å². The van der Waals surface area contributed by atoms with Gasteiger partial charge in [-0.05, 0) is 38.0 Å². The summed E-state index contributed by atoms with van der Waals surface area (Å²) in [6, 6.07) is 0. The molecule has 0 atom stereocenters. The molecule has 0 bridgehead atoms. The zero-order valence-electron chi connectivity index (χ0n) is 10.5. The Morgan fingerprint density at radius 2 is 1.88 bits per heavy atom. The molecule has 1 fully saturated rings. The predicted octanol–water partition coefficient (Wildman–Crippen LogP) is 2.06. The maximum atomic E-state index is 11.1. The van der Waals surface area contributed by atoms with Crippen LogP contribution in [0.25, 0.3) is 0 Å². The second kappa shape index (κ2) is 5.04. The molecule has 0 saturated heterocycles. The average molecular weight is 229 g/mol. The smallest absolute Gasteiger partial charge is 0.407 e. The molecular weight excluding hydrogens is 206 g/mol. The minimum absolute atomic E-state index is 0.294. The molecule has 16 heavy (non-hydrogen) atoms. The number of hydrogen-bond donors (Lipinski definition) is 2. The van der Waals surface area contributed by atoms with E-state index in [9.17, 15) is 9.90 Å². The van der Waals surface area contributed by atoms with Crippen molar-refractivity contribution in [2.24, 2.45) is 5.41 Å². The van der Waals surface area contributed by atoms with E-state index in [-0.39, 0.29) is 0 Å². The van der Waals surface area contributed by atoms with Crippen molar-refractivity contribution in [2.45, 2.75) is 52.1 Å². The molecule has 0 spiro atoms. The van der Waals surface area contributed by atoms with Crippen LogP contribution < -0.4 is 5.32 Å². The highest BCUT2D eigenvalue weighted by Gasteiger charge is 2.36. The van der Waals surface area contributed by atoms with Gasteiger partial charge in [0.2, 0.25) is 0 Å². The lowest BCUT2D eigenvalue weighted by molar-refractivity contribution is -0.0240. The van der Waals surface area contributed by atoms with Gasteiger partial charge in [0.1, 0.15) is 0 Å². The summed E-state index contributed by atoms with van der Waals surface area (Å²) in [5.41, 5.74) is -0.432. The highest BCUT2D eigenvalue weighted by atomic mass is 16.5. The van der Waals surface area contributed by atoms with Crippen LogP contribution in [0.1, 0.15) is 46.5 Å². The van der Waals surface area contributed by atoms with E-state index in [1.807, 2.05) is 0 Å². The van der Waals surface area contributed by atoms with Crippen molar-refractivity contribution in [1.29, 1.82) is 0 Å². The van der Waals surface area contributed by atoms with Crippen LogP contribution in [0.3, 0.4) is 0 Å². The zero-order valence-corrected chi connectivity index (χ0v) is 10.5. The fraction of sp³-hybridized carbons (Fsp3) is 0.917. The van der Waals surface area contributed by atoms with Gasteiger partial charge in [-0.15, -0.1) is 0 Å². The molecular formula is C12H23NO3. The number of alkyl carbamates (subject to hydrolysis) is 1. The molecule has 1 aliphatic rings. The number of amides is 1. The number of aliphatic hydroxyl groups is 1. The van der Waals surface area contributed by atoms with E-state index in [4.69, 9.17) is 4.74 Å². The SMILES string of the molecule is CCOC(=O)NCC1(O)CCC(C)(C)CC1. The molecule has 0 heterocycles. The molecule has 0 aromatic carbocycles. The van der Waals surface area contributed by atoms with Crippen molar-refractivity contribution in [3.8, 4) is 0 Å². The molecule has 94 valence electrons. The summed E-state index contributed by atoms with van der Waals surface area (Å²) < 4.78 is 4.76. The van der Waals surface area contributed by atoms with Crippen molar-refractivity contribution in [1.82, 2.24) is 5.32 Å². The van der Waals surface area contributed by atoms with Crippen LogP contribution in [0.15, 0.2) is 0 Å². The fourth-order valence-electron chi connectivity index (χ4n) is 1.99. The molecule has 1 amide bonds. The average Bonchev–Trinajstić information content (AvgIpc) is 2.21. The number of rotatable bonds is 3. The molecule has 0 aromatic heterocycles. The Kier molecular flexibility index (Phi) is 4.19. The topological polar surface area (TPSA) is 58.6 Å². The summed E-state index contributed by atoms with van der Waals surface area (Å²) in [5, 5.41) is 12.9. The van der Waals surface area contributed by atoms with Gasteiger partial charge in [-0.25, -0.2) is 4.79 Å². The molecule has 1 rings (SSSR count). The van der Waals surface area contributed by atoms with Gasteiger partial charge in [-0.1, -0.05) is 13.8 Å². The molecule has 4 nitrogen and oxygen atoms in total. The maximum absolute atomic E-state index is 11.1. The van der Waals surface area contributed by atoms with Crippen molar-refractivity contribution < 1.29 is 14.6 Å². The van der Waals surface area contributed by atoms with E-state index in [1.165, 1.54) is 0 Å². The van der Waals surface area contributed by atoms with Gasteiger partial charge >= 0.3 is 6.09 Å². The first-order valence-corrected chi connectivity index (χ1v) is 6.00. The van der Waals surface area contributed by atoms with Crippen LogP contribution in [0, 0.1) is 5.41 Å². The lowest BCUT2D eigenvalue weighted by atomic mass is 9.71. The second-order valence-electron chi connectivity index (χ2n) is 5.46. The van der Waals surface area contributed by atoms with Crippen molar-refractivity contribution in [3.63, 3.8) is 0 Å². The molecule has 0 aliphatic heterocycles. The van der Waals surface area contributed by atoms with Gasteiger partial charge < -0.3 is 15.2 Å². The Balaban J connectivity index is 2.34. The summed E-state index contributed by atoms with van der Waals surface area (Å²) in [4.78, 5) is 11.1. The minimum atomic E-state index is -0.748. The van der Waals surface area contributed by atoms with E-state index >= 15 is 0 Å². The lowest BCUT2D eigenvalue weighted by Gasteiger charge is -2.40. The second-order valence-corrected chi connectivity index (χ2v) is 5.46. The van der Waals surface area contributed by atoms with E-state index in [1.54, 1.807) is 6.92 Å². The molecule has 0 unspecified atom stereocenters. The van der Waals surface area contributed by atoms with E-state index in [0.717, 1.165) is 25.7 Å². The zero-order chi connectivity index (χ0) is 12.2. The third-order valence-corrected chi connectivity index (χ3v) is 3.37. The Bertz CT molecular complexity index is 241. The number of ether oxygens (including phenoxy) is 1. The van der Waals surface area contributed by atoms with Crippen LogP contribution in [0.5, 0.6) is 0 Å². The summed E-state index contributed by atoms with van der Waals surface area (Å²) in [6.07, 6.45) is 3.03. The normalized spacial score (nSPS) is 22.5. The summed E-state index contributed by atoms with van der Waals surface area (Å²) >= 11 is 0. The third kappa shape index (κ3) is 4.00. The maximum Gasteiger partial charge on any atom is 0.407 e. The van der Waals surface area contributed by atoms with E-state index in [2.05, 4.69) is 19.2 Å². The van der Waals surface area contributed by atoms with Crippen LogP contribution in [0.4, 0.5) is 4.79 Å². The quantitative estimate of drug-likeness (QED) is 0.778.